The zero-order valence-corrected chi connectivity index (χ0v) is 36.2. The minimum atomic E-state index is -0.880. The van der Waals surface area contributed by atoms with E-state index >= 15 is 0 Å². The number of aliphatic hydroxyl groups is 2. The summed E-state index contributed by atoms with van der Waals surface area (Å²) in [7, 11) is 2.27. The first-order chi connectivity index (χ1) is 27.8. The Morgan fingerprint density at radius 1 is 0.793 bits per heavy atom. The number of unbranched alkanes of at least 4 members (excludes halogenated alkanes) is 7. The molecule has 58 heavy (non-hydrogen) atoms. The van der Waals surface area contributed by atoms with Gasteiger partial charge in [0.2, 0.25) is 29.5 Å². The minimum Gasteiger partial charge on any atom is -0.469 e. The monoisotopic (exact) mass is 827 g/mol. The van der Waals surface area contributed by atoms with Gasteiger partial charge in [-0.2, -0.15) is 0 Å². The lowest BCUT2D eigenvalue weighted by Gasteiger charge is -2.17. The number of nitrogens with two attached hydrogens (primary N) is 2. The van der Waals surface area contributed by atoms with Crippen molar-refractivity contribution in [1.82, 2.24) is 31.9 Å². The fourth-order valence-corrected chi connectivity index (χ4v) is 4.89. The van der Waals surface area contributed by atoms with Crippen LogP contribution in [0, 0.1) is 5.92 Å². The predicted octanol–water partition coefficient (Wildman–Crippen LogP) is 1.32. The summed E-state index contributed by atoms with van der Waals surface area (Å²) in [5.41, 5.74) is 15.4. The van der Waals surface area contributed by atoms with E-state index < -0.39 is 29.9 Å². The summed E-state index contributed by atoms with van der Waals surface area (Å²) in [6.07, 6.45) is 16.0. The molecular formula is C41H78N8O9. The van der Waals surface area contributed by atoms with Gasteiger partial charge in [-0.05, 0) is 64.8 Å². The van der Waals surface area contributed by atoms with Crippen LogP contribution in [0.2, 0.25) is 0 Å². The molecule has 0 aliphatic rings. The Hall–Kier alpha value is -4.28. The maximum Gasteiger partial charge on any atom is 0.305 e. The predicted molar refractivity (Wildman–Crippen MR) is 228 cm³/mol. The van der Waals surface area contributed by atoms with E-state index in [1.54, 1.807) is 0 Å². The normalized spacial score (nSPS) is 12.0. The molecule has 3 atom stereocenters. The third kappa shape index (κ3) is 39.9. The number of methoxy groups -OCH3 is 1. The van der Waals surface area contributed by atoms with Gasteiger partial charge in [-0.3, -0.25) is 28.8 Å². The molecule has 0 aromatic heterocycles. The molecule has 0 aliphatic heterocycles. The van der Waals surface area contributed by atoms with Crippen LogP contribution >= 0.6 is 0 Å². The van der Waals surface area contributed by atoms with Crippen molar-refractivity contribution in [2.24, 2.45) is 17.4 Å². The largest absolute Gasteiger partial charge is 0.469 e. The molecule has 0 saturated heterocycles. The Morgan fingerprint density at radius 2 is 1.38 bits per heavy atom. The second-order valence-electron chi connectivity index (χ2n) is 13.5. The molecule has 3 unspecified atom stereocenters. The van der Waals surface area contributed by atoms with Crippen LogP contribution < -0.4 is 43.4 Å². The fourth-order valence-electron chi connectivity index (χ4n) is 4.89. The third-order valence-corrected chi connectivity index (χ3v) is 8.50. The zero-order valence-electron chi connectivity index (χ0n) is 36.2. The molecule has 0 rings (SSSR count). The van der Waals surface area contributed by atoms with Crippen LogP contribution in [0.4, 0.5) is 0 Å². The van der Waals surface area contributed by atoms with Crippen molar-refractivity contribution in [3.05, 3.63) is 29.7 Å². The highest BCUT2D eigenvalue weighted by atomic mass is 16.5. The maximum absolute atomic E-state index is 12.1. The molecule has 0 aromatic carbocycles. The van der Waals surface area contributed by atoms with Gasteiger partial charge in [0, 0.05) is 71.4 Å². The van der Waals surface area contributed by atoms with Gasteiger partial charge < -0.3 is 58.3 Å². The SMILES string of the molecule is CC=C=CC(C)/C(C)=C\NCC.CO.COC(=O)CCCC(=O)NC(CO)CCNC(=O)CNC(=O)C(N)CNCCNC(=O)CCCCCCCCCCC(N)=O. The summed E-state index contributed by atoms with van der Waals surface area (Å²) in [5, 5.41) is 33.2. The molecule has 5 amide bonds. The van der Waals surface area contributed by atoms with Crippen LogP contribution in [0.3, 0.4) is 0 Å². The molecule has 0 heterocycles. The standard InChI is InChI=1S/C29H55N7O8.C11H19N.CH4O/c1-44-28(42)14-10-13-26(40)36-22(21-37)15-16-33-27(41)20-35-29(43)23(30)19-32-17-18-34-25(39)12-9-7-5-3-2-4-6-8-11-24(31)38;1-5-7-8-10(3)11(4)9-12-6-2;1-2/h22-23,32,37H,2-21,30H2,1H3,(H2,31,38)(H,33,41)(H,34,39)(H,35,43)(H,36,40);5,8-10,12H,6H2,1-4H3;2H,1H3/b;11-9-;. The van der Waals surface area contributed by atoms with Crippen molar-refractivity contribution in [1.29, 1.82) is 0 Å². The summed E-state index contributed by atoms with van der Waals surface area (Å²) in [4.78, 5) is 69.8. The van der Waals surface area contributed by atoms with Gasteiger partial charge in [-0.1, -0.05) is 51.0 Å². The minimum absolute atomic E-state index is 0.0189. The summed E-state index contributed by atoms with van der Waals surface area (Å²) < 4.78 is 4.51. The Kier molecular flexibility index (Phi) is 42.4. The van der Waals surface area contributed by atoms with Crippen LogP contribution in [-0.2, 0) is 33.5 Å². The summed E-state index contributed by atoms with van der Waals surface area (Å²) >= 11 is 0. The molecule has 0 fully saturated rings. The highest BCUT2D eigenvalue weighted by molar-refractivity contribution is 5.87. The quantitative estimate of drug-likeness (QED) is 0.0261. The van der Waals surface area contributed by atoms with Crippen molar-refractivity contribution in [3.63, 3.8) is 0 Å². The van der Waals surface area contributed by atoms with Gasteiger partial charge in [-0.15, -0.1) is 5.73 Å². The first-order valence-corrected chi connectivity index (χ1v) is 20.6. The summed E-state index contributed by atoms with van der Waals surface area (Å²) in [5.74, 6) is -1.46. The van der Waals surface area contributed by atoms with Gasteiger partial charge in [0.15, 0.2) is 0 Å². The van der Waals surface area contributed by atoms with E-state index in [-0.39, 0.29) is 63.2 Å². The fraction of sp³-hybridized carbons (Fsp3) is 0.732. The number of rotatable bonds is 32. The van der Waals surface area contributed by atoms with Crippen molar-refractivity contribution < 1.29 is 43.7 Å². The Morgan fingerprint density at radius 3 is 1.95 bits per heavy atom. The first kappa shape index (κ1) is 58.0. The molecule has 0 bridgehead atoms. The van der Waals surface area contributed by atoms with E-state index in [1.165, 1.54) is 12.7 Å². The number of hydrogen-bond donors (Lipinski definition) is 10. The average Bonchev–Trinajstić information content (AvgIpc) is 3.21. The highest BCUT2D eigenvalue weighted by Gasteiger charge is 2.15. The lowest BCUT2D eigenvalue weighted by Crippen LogP contribution is -2.50. The average molecular weight is 827 g/mol. The molecule has 12 N–H and O–H groups in total. The van der Waals surface area contributed by atoms with E-state index in [0.29, 0.717) is 38.3 Å². The molecule has 0 spiro atoms. The second-order valence-corrected chi connectivity index (χ2v) is 13.5. The molecule has 0 aromatic rings. The van der Waals surface area contributed by atoms with Gasteiger partial charge in [0.1, 0.15) is 0 Å². The molecule has 17 nitrogen and oxygen atoms in total. The number of primary amides is 1. The van der Waals surface area contributed by atoms with Gasteiger partial charge in [-0.25, -0.2) is 0 Å². The topological polar surface area (TPSA) is 276 Å². The molecular weight excluding hydrogens is 748 g/mol. The van der Waals surface area contributed by atoms with Crippen LogP contribution in [0.25, 0.3) is 0 Å². The van der Waals surface area contributed by atoms with Crippen LogP contribution in [-0.4, -0.2) is 118 Å². The number of carbonyl (C=O) groups is 6. The van der Waals surface area contributed by atoms with Crippen LogP contribution in [0.5, 0.6) is 0 Å². The van der Waals surface area contributed by atoms with Crippen LogP contribution in [0.1, 0.15) is 118 Å². The van der Waals surface area contributed by atoms with Crippen molar-refractivity contribution in [3.8, 4) is 0 Å². The molecule has 0 aliphatic carbocycles. The Balaban J connectivity index is -0.00000183. The smallest absolute Gasteiger partial charge is 0.305 e. The number of ether oxygens (including phenoxy) is 1. The van der Waals surface area contributed by atoms with Crippen molar-refractivity contribution in [2.45, 2.75) is 130 Å². The lowest BCUT2D eigenvalue weighted by molar-refractivity contribution is -0.140. The van der Waals surface area contributed by atoms with E-state index in [2.05, 4.69) is 75.4 Å². The number of esters is 1. The number of allylic oxidation sites excluding steroid dienone is 2. The zero-order chi connectivity index (χ0) is 44.4. The number of hydrogen-bond acceptors (Lipinski definition) is 12. The third-order valence-electron chi connectivity index (χ3n) is 8.50. The van der Waals surface area contributed by atoms with E-state index in [4.69, 9.17) is 16.6 Å². The highest BCUT2D eigenvalue weighted by Crippen LogP contribution is 2.11. The molecule has 0 radical (unpaired) electrons. The molecule has 336 valence electrons. The van der Waals surface area contributed by atoms with Crippen LogP contribution in [0.15, 0.2) is 29.7 Å². The van der Waals surface area contributed by atoms with Crippen molar-refractivity contribution >= 4 is 35.5 Å². The Bertz CT molecular complexity index is 1210. The summed E-state index contributed by atoms with van der Waals surface area (Å²) in [6, 6.07) is -1.44. The maximum atomic E-state index is 12.1. The van der Waals surface area contributed by atoms with E-state index in [0.717, 1.165) is 65.0 Å². The summed E-state index contributed by atoms with van der Waals surface area (Å²) in [6.45, 7) is 9.95. The first-order valence-electron chi connectivity index (χ1n) is 20.6. The number of nitrogens with one attached hydrogen (secondary N) is 6. The van der Waals surface area contributed by atoms with E-state index in [1.807, 2.05) is 13.0 Å². The Labute approximate surface area is 347 Å². The number of aliphatic hydroxyl groups excluding tert-OH is 2. The van der Waals surface area contributed by atoms with Gasteiger partial charge in [0.25, 0.3) is 0 Å². The number of amides is 5. The van der Waals surface area contributed by atoms with E-state index in [9.17, 15) is 33.9 Å². The molecule has 17 heteroatoms. The number of carbonyl (C=O) groups excluding carboxylic acids is 6. The second kappa shape index (κ2) is 42.3. The van der Waals surface area contributed by atoms with Gasteiger partial charge >= 0.3 is 5.97 Å². The van der Waals surface area contributed by atoms with Crippen molar-refractivity contribution in [2.75, 3.05) is 60.1 Å². The molecule has 0 saturated carbocycles. The lowest BCUT2D eigenvalue weighted by atomic mass is 10.0. The van der Waals surface area contributed by atoms with Gasteiger partial charge in [0.05, 0.1) is 32.3 Å².